The molecule has 1 atom stereocenters. The Labute approximate surface area is 202 Å². The molecule has 0 fully saturated rings. The maximum atomic E-state index is 13.1. The van der Waals surface area contributed by atoms with Crippen LogP contribution in [0.25, 0.3) is 0 Å². The van der Waals surface area contributed by atoms with Gasteiger partial charge in [-0.2, -0.15) is 5.10 Å². The summed E-state index contributed by atoms with van der Waals surface area (Å²) in [5, 5.41) is 6.42. The molecule has 1 aliphatic rings. The third kappa shape index (κ3) is 5.44. The number of nitrogens with zero attached hydrogens (tertiary/aromatic N) is 3. The fourth-order valence-corrected chi connectivity index (χ4v) is 4.91. The van der Waals surface area contributed by atoms with Crippen LogP contribution in [0.2, 0.25) is 5.02 Å². The summed E-state index contributed by atoms with van der Waals surface area (Å²) in [5.74, 6) is -0.964. The van der Waals surface area contributed by atoms with Crippen molar-refractivity contribution in [3.8, 4) is 0 Å². The zero-order valence-corrected chi connectivity index (χ0v) is 19.6. The zero-order chi connectivity index (χ0) is 24.1. The number of hydrazone groups is 1. The minimum absolute atomic E-state index is 0.0437. The molecular weight excluding hydrogens is 474 g/mol. The van der Waals surface area contributed by atoms with Crippen molar-refractivity contribution in [2.24, 2.45) is 15.8 Å². The number of halogens is 1. The molecule has 0 saturated carbocycles. The van der Waals surface area contributed by atoms with Crippen LogP contribution in [0.15, 0.2) is 99.9 Å². The van der Waals surface area contributed by atoms with E-state index in [1.54, 1.807) is 6.07 Å². The Morgan fingerprint density at radius 3 is 2.38 bits per heavy atom. The van der Waals surface area contributed by atoms with Gasteiger partial charge in [-0.3, -0.25) is 4.79 Å². The molecule has 0 bridgehead atoms. The standard InChI is InChI=1S/C24H22ClN5O3S/c25-19-12-7-13-20(14-19)34(32,33)29-24(27-15-22(26)31)30-16-21(17-8-3-1-4-9-17)23(28-30)18-10-5-2-6-11-18/h1-14,21H,15-16H2,(H2,26,31)(H,27,29). The lowest BCUT2D eigenvalue weighted by Crippen LogP contribution is -2.42. The van der Waals surface area contributed by atoms with E-state index in [4.69, 9.17) is 22.4 Å². The summed E-state index contributed by atoms with van der Waals surface area (Å²) in [4.78, 5) is 15.5. The summed E-state index contributed by atoms with van der Waals surface area (Å²) in [7, 11) is -4.06. The average molecular weight is 496 g/mol. The van der Waals surface area contributed by atoms with Gasteiger partial charge in [0.1, 0.15) is 6.54 Å². The van der Waals surface area contributed by atoms with Crippen LogP contribution in [0.3, 0.4) is 0 Å². The number of guanidine groups is 1. The van der Waals surface area contributed by atoms with Gasteiger partial charge in [-0.25, -0.2) is 23.1 Å². The Balaban J connectivity index is 1.73. The number of primary amides is 1. The van der Waals surface area contributed by atoms with Crippen molar-refractivity contribution in [3.63, 3.8) is 0 Å². The molecule has 1 aliphatic heterocycles. The van der Waals surface area contributed by atoms with E-state index in [1.165, 1.54) is 23.2 Å². The lowest BCUT2D eigenvalue weighted by Gasteiger charge is -2.19. The Morgan fingerprint density at radius 1 is 1.06 bits per heavy atom. The van der Waals surface area contributed by atoms with Gasteiger partial charge in [-0.15, -0.1) is 0 Å². The van der Waals surface area contributed by atoms with E-state index in [1.807, 2.05) is 60.7 Å². The molecular formula is C24H22ClN5O3S. The van der Waals surface area contributed by atoms with Crippen molar-refractivity contribution < 1.29 is 13.2 Å². The lowest BCUT2D eigenvalue weighted by molar-refractivity contribution is -0.116. The first-order chi connectivity index (χ1) is 16.3. The molecule has 1 heterocycles. The molecule has 174 valence electrons. The number of sulfonamides is 1. The van der Waals surface area contributed by atoms with E-state index in [-0.39, 0.29) is 21.8 Å². The van der Waals surface area contributed by atoms with Crippen LogP contribution in [0.5, 0.6) is 0 Å². The van der Waals surface area contributed by atoms with E-state index in [0.29, 0.717) is 6.54 Å². The van der Waals surface area contributed by atoms with Crippen molar-refractivity contribution in [2.45, 2.75) is 10.8 Å². The van der Waals surface area contributed by atoms with Gasteiger partial charge in [-0.05, 0) is 29.3 Å². The Hall–Kier alpha value is -3.69. The minimum Gasteiger partial charge on any atom is -0.368 e. The van der Waals surface area contributed by atoms with Gasteiger partial charge in [0.2, 0.25) is 11.9 Å². The second kappa shape index (κ2) is 10.1. The minimum atomic E-state index is -4.06. The topological polar surface area (TPSA) is 117 Å². The molecule has 8 nitrogen and oxygen atoms in total. The van der Waals surface area contributed by atoms with Crippen molar-refractivity contribution in [3.05, 3.63) is 101 Å². The zero-order valence-electron chi connectivity index (χ0n) is 18.0. The summed E-state index contributed by atoms with van der Waals surface area (Å²) >= 11 is 5.98. The highest BCUT2D eigenvalue weighted by atomic mass is 35.5. The number of rotatable bonds is 6. The van der Waals surface area contributed by atoms with E-state index in [0.717, 1.165) is 16.8 Å². The number of nitrogens with two attached hydrogens (primary N) is 1. The second-order valence-electron chi connectivity index (χ2n) is 7.57. The molecule has 1 unspecified atom stereocenters. The van der Waals surface area contributed by atoms with E-state index < -0.39 is 22.5 Å². The first-order valence-electron chi connectivity index (χ1n) is 10.4. The predicted octanol–water partition coefficient (Wildman–Crippen LogP) is 2.96. The molecule has 0 saturated heterocycles. The van der Waals surface area contributed by atoms with Crippen molar-refractivity contribution in [1.82, 2.24) is 9.73 Å². The van der Waals surface area contributed by atoms with Crippen LogP contribution in [0.1, 0.15) is 17.0 Å². The number of amides is 1. The van der Waals surface area contributed by atoms with Gasteiger partial charge in [0, 0.05) is 10.9 Å². The average Bonchev–Trinajstić information content (AvgIpc) is 3.28. The van der Waals surface area contributed by atoms with Crippen molar-refractivity contribution >= 4 is 39.2 Å². The molecule has 34 heavy (non-hydrogen) atoms. The van der Waals surface area contributed by atoms with Crippen LogP contribution in [-0.2, 0) is 14.8 Å². The number of hydrogen-bond acceptors (Lipinski definition) is 5. The number of nitrogens with one attached hydrogen (secondary N) is 1. The number of carbonyl (C=O) groups excluding carboxylic acids is 1. The number of benzene rings is 3. The molecule has 0 spiro atoms. The first kappa shape index (κ1) is 23.5. The Morgan fingerprint density at radius 2 is 1.74 bits per heavy atom. The van der Waals surface area contributed by atoms with Gasteiger partial charge < -0.3 is 5.73 Å². The molecule has 3 aromatic rings. The summed E-state index contributed by atoms with van der Waals surface area (Å²) in [6.07, 6.45) is 0. The van der Waals surface area contributed by atoms with Gasteiger partial charge in [0.05, 0.1) is 17.2 Å². The third-order valence-corrected chi connectivity index (χ3v) is 6.71. The van der Waals surface area contributed by atoms with Crippen molar-refractivity contribution in [2.75, 3.05) is 13.1 Å². The molecule has 0 radical (unpaired) electrons. The summed E-state index contributed by atoms with van der Waals surface area (Å²) < 4.78 is 28.6. The molecule has 3 N–H and O–H groups in total. The van der Waals surface area contributed by atoms with Crippen LogP contribution in [0.4, 0.5) is 0 Å². The van der Waals surface area contributed by atoms with Gasteiger partial charge in [0.15, 0.2) is 0 Å². The highest BCUT2D eigenvalue weighted by molar-refractivity contribution is 7.90. The molecule has 0 aliphatic carbocycles. The number of aliphatic imine (C=N–C) groups is 1. The Kier molecular flexibility index (Phi) is 6.95. The van der Waals surface area contributed by atoms with Gasteiger partial charge in [-0.1, -0.05) is 78.3 Å². The smallest absolute Gasteiger partial charge is 0.264 e. The fourth-order valence-electron chi connectivity index (χ4n) is 3.58. The first-order valence-corrected chi connectivity index (χ1v) is 12.3. The lowest BCUT2D eigenvalue weighted by atomic mass is 9.91. The van der Waals surface area contributed by atoms with E-state index >= 15 is 0 Å². The second-order valence-corrected chi connectivity index (χ2v) is 9.68. The van der Waals surface area contributed by atoms with Crippen LogP contribution in [-0.4, -0.2) is 44.1 Å². The third-order valence-electron chi connectivity index (χ3n) is 5.15. The van der Waals surface area contributed by atoms with Crippen LogP contribution >= 0.6 is 11.6 Å². The van der Waals surface area contributed by atoms with Gasteiger partial charge >= 0.3 is 0 Å². The van der Waals surface area contributed by atoms with Crippen LogP contribution < -0.4 is 10.5 Å². The summed E-state index contributed by atoms with van der Waals surface area (Å²) in [5.41, 5.74) is 7.93. The molecule has 3 aromatic carbocycles. The molecule has 10 heteroatoms. The molecule has 4 rings (SSSR count). The van der Waals surface area contributed by atoms with Crippen LogP contribution in [0, 0.1) is 0 Å². The Bertz CT molecular complexity index is 1350. The maximum Gasteiger partial charge on any atom is 0.264 e. The normalized spacial score (nSPS) is 16.3. The summed E-state index contributed by atoms with van der Waals surface area (Å²) in [6, 6.07) is 25.2. The summed E-state index contributed by atoms with van der Waals surface area (Å²) in [6.45, 7) is -0.0972. The highest BCUT2D eigenvalue weighted by Gasteiger charge is 2.33. The monoisotopic (exact) mass is 495 g/mol. The van der Waals surface area contributed by atoms with E-state index in [9.17, 15) is 13.2 Å². The molecule has 0 aromatic heterocycles. The molecule has 1 amide bonds. The maximum absolute atomic E-state index is 13.1. The van der Waals surface area contributed by atoms with Gasteiger partial charge in [0.25, 0.3) is 10.0 Å². The fraction of sp³-hybridized carbons (Fsp3) is 0.125. The quantitative estimate of drug-likeness (QED) is 0.403. The number of carbonyl (C=O) groups is 1. The highest BCUT2D eigenvalue weighted by Crippen LogP contribution is 2.29. The largest absolute Gasteiger partial charge is 0.368 e. The SMILES string of the molecule is NC(=O)CN=C(NS(=O)(=O)c1cccc(Cl)c1)N1CC(c2ccccc2)C(c2ccccc2)=N1. The van der Waals surface area contributed by atoms with Crippen molar-refractivity contribution in [1.29, 1.82) is 0 Å². The predicted molar refractivity (Wildman–Crippen MR) is 132 cm³/mol. The number of hydrogen-bond donors (Lipinski definition) is 2. The van der Waals surface area contributed by atoms with E-state index in [2.05, 4.69) is 9.71 Å².